The van der Waals surface area contributed by atoms with Crippen molar-refractivity contribution in [1.82, 2.24) is 5.32 Å². The van der Waals surface area contributed by atoms with E-state index in [4.69, 9.17) is 21.8 Å². The van der Waals surface area contributed by atoms with E-state index >= 15 is 0 Å². The average Bonchev–Trinajstić information content (AvgIpc) is 2.40. The highest BCUT2D eigenvalue weighted by atomic mass is 35.5. The lowest BCUT2D eigenvalue weighted by atomic mass is 10.2. The molecule has 0 fully saturated rings. The highest BCUT2D eigenvalue weighted by molar-refractivity contribution is 6.32. The van der Waals surface area contributed by atoms with Crippen molar-refractivity contribution in [1.29, 1.82) is 0 Å². The van der Waals surface area contributed by atoms with Gasteiger partial charge in [0.2, 0.25) is 0 Å². The standard InChI is InChI=1S/C11H12ClN3O6/c12-7-2-1-6(5-9(7)15(20)21)13-11(19)14-8(3-4-16)10(17)18/h1-2,5,8,16H,3-4H2,(H,17,18)(H2,13,14,19)/t8-/m1/s1. The molecule has 1 aromatic rings. The summed E-state index contributed by atoms with van der Waals surface area (Å²) in [6.07, 6.45) is -0.163. The van der Waals surface area contributed by atoms with Crippen LogP contribution < -0.4 is 10.6 Å². The zero-order chi connectivity index (χ0) is 16.0. The summed E-state index contributed by atoms with van der Waals surface area (Å²) in [5.41, 5.74) is -0.309. The van der Waals surface area contributed by atoms with Crippen molar-refractivity contribution in [3.63, 3.8) is 0 Å². The number of hydrogen-bond acceptors (Lipinski definition) is 5. The molecule has 9 nitrogen and oxygen atoms in total. The number of aliphatic carboxylic acids is 1. The number of nitrogens with zero attached hydrogens (tertiary/aromatic N) is 1. The molecular formula is C11H12ClN3O6. The van der Waals surface area contributed by atoms with Gasteiger partial charge in [-0.25, -0.2) is 9.59 Å². The molecule has 0 heterocycles. The molecule has 0 aromatic heterocycles. The number of halogens is 1. The second-order valence-corrected chi connectivity index (χ2v) is 4.33. The third kappa shape index (κ3) is 4.89. The van der Waals surface area contributed by atoms with Gasteiger partial charge in [-0.2, -0.15) is 0 Å². The Hall–Kier alpha value is -2.39. The van der Waals surface area contributed by atoms with Gasteiger partial charge in [-0.05, 0) is 12.1 Å². The Morgan fingerprint density at radius 1 is 1.43 bits per heavy atom. The van der Waals surface area contributed by atoms with Gasteiger partial charge in [0.15, 0.2) is 0 Å². The van der Waals surface area contributed by atoms with Crippen LogP contribution in [-0.2, 0) is 4.79 Å². The van der Waals surface area contributed by atoms with Crippen molar-refractivity contribution in [3.05, 3.63) is 33.3 Å². The van der Waals surface area contributed by atoms with Gasteiger partial charge in [-0.15, -0.1) is 0 Å². The van der Waals surface area contributed by atoms with E-state index in [0.29, 0.717) is 0 Å². The van der Waals surface area contributed by atoms with E-state index in [2.05, 4.69) is 10.6 Å². The predicted octanol–water partition coefficient (Wildman–Crippen LogP) is 1.21. The van der Waals surface area contributed by atoms with Crippen LogP contribution in [0.2, 0.25) is 5.02 Å². The number of carboxylic acid groups (broad SMARTS) is 1. The molecule has 1 aromatic carbocycles. The maximum absolute atomic E-state index is 11.6. The number of aliphatic hydroxyl groups excluding tert-OH is 1. The molecule has 0 saturated carbocycles. The number of hydrogen-bond donors (Lipinski definition) is 4. The fraction of sp³-hybridized carbons (Fsp3) is 0.273. The van der Waals surface area contributed by atoms with E-state index in [9.17, 15) is 19.7 Å². The maximum atomic E-state index is 11.6. The van der Waals surface area contributed by atoms with Crippen molar-refractivity contribution < 1.29 is 24.7 Å². The lowest BCUT2D eigenvalue weighted by molar-refractivity contribution is -0.384. The Bertz CT molecular complexity index is 565. The zero-order valence-electron chi connectivity index (χ0n) is 10.6. The van der Waals surface area contributed by atoms with Gasteiger partial charge in [-0.3, -0.25) is 10.1 Å². The number of carboxylic acids is 1. The number of benzene rings is 1. The Labute approximate surface area is 123 Å². The first-order chi connectivity index (χ1) is 9.85. The molecule has 10 heteroatoms. The fourth-order valence-corrected chi connectivity index (χ4v) is 1.63. The third-order valence-electron chi connectivity index (χ3n) is 2.42. The second-order valence-electron chi connectivity index (χ2n) is 3.92. The fourth-order valence-electron chi connectivity index (χ4n) is 1.44. The largest absolute Gasteiger partial charge is 0.480 e. The Balaban J connectivity index is 2.77. The predicted molar refractivity (Wildman–Crippen MR) is 73.4 cm³/mol. The number of anilines is 1. The van der Waals surface area contributed by atoms with Gasteiger partial charge in [0.25, 0.3) is 5.69 Å². The van der Waals surface area contributed by atoms with Crippen LogP contribution in [-0.4, -0.2) is 39.8 Å². The summed E-state index contributed by atoms with van der Waals surface area (Å²) >= 11 is 5.62. The normalized spacial score (nSPS) is 11.5. The van der Waals surface area contributed by atoms with E-state index in [0.717, 1.165) is 6.07 Å². The lowest BCUT2D eigenvalue weighted by Gasteiger charge is -2.14. The van der Waals surface area contributed by atoms with E-state index < -0.39 is 29.6 Å². The number of carbonyl (C=O) groups excluding carboxylic acids is 1. The molecule has 0 aliphatic heterocycles. The zero-order valence-corrected chi connectivity index (χ0v) is 11.3. The highest BCUT2D eigenvalue weighted by Crippen LogP contribution is 2.27. The molecule has 4 N–H and O–H groups in total. The van der Waals surface area contributed by atoms with E-state index in [1.807, 2.05) is 0 Å². The third-order valence-corrected chi connectivity index (χ3v) is 2.74. The van der Waals surface area contributed by atoms with Crippen molar-refractivity contribution >= 4 is 35.0 Å². The highest BCUT2D eigenvalue weighted by Gasteiger charge is 2.20. The Morgan fingerprint density at radius 2 is 2.10 bits per heavy atom. The summed E-state index contributed by atoms with van der Waals surface area (Å²) in [5.74, 6) is -1.30. The summed E-state index contributed by atoms with van der Waals surface area (Å²) in [5, 5.41) is 32.5. The van der Waals surface area contributed by atoms with Crippen molar-refractivity contribution in [2.24, 2.45) is 0 Å². The van der Waals surface area contributed by atoms with E-state index in [-0.39, 0.29) is 22.8 Å². The molecule has 0 radical (unpaired) electrons. The van der Waals surface area contributed by atoms with Crippen molar-refractivity contribution in [3.8, 4) is 0 Å². The summed E-state index contributed by atoms with van der Waals surface area (Å²) in [6.45, 7) is -0.413. The Kier molecular flexibility index (Phi) is 5.88. The van der Waals surface area contributed by atoms with Gasteiger partial charge in [0, 0.05) is 24.8 Å². The molecule has 0 saturated heterocycles. The molecule has 0 aliphatic rings. The average molecular weight is 318 g/mol. The monoisotopic (exact) mass is 317 g/mol. The minimum Gasteiger partial charge on any atom is -0.480 e. The molecule has 0 aliphatic carbocycles. The van der Waals surface area contributed by atoms with Crippen LogP contribution >= 0.6 is 11.6 Å². The molecule has 21 heavy (non-hydrogen) atoms. The van der Waals surface area contributed by atoms with Gasteiger partial charge in [-0.1, -0.05) is 11.6 Å². The minimum absolute atomic E-state index is 0.0803. The summed E-state index contributed by atoms with van der Waals surface area (Å²) in [4.78, 5) is 32.4. The van der Waals surface area contributed by atoms with Gasteiger partial charge < -0.3 is 20.8 Å². The minimum atomic E-state index is -1.30. The van der Waals surface area contributed by atoms with Crippen molar-refractivity contribution in [2.45, 2.75) is 12.5 Å². The van der Waals surface area contributed by atoms with Crippen LogP contribution in [0.1, 0.15) is 6.42 Å². The van der Waals surface area contributed by atoms with Crippen LogP contribution in [0.3, 0.4) is 0 Å². The first kappa shape index (κ1) is 16.7. The number of nitro groups is 1. The first-order valence-corrected chi connectivity index (χ1v) is 6.08. The number of nitro benzene ring substituents is 1. The maximum Gasteiger partial charge on any atom is 0.326 e. The number of rotatable bonds is 6. The number of aliphatic hydroxyl groups is 1. The molecule has 0 unspecified atom stereocenters. The number of urea groups is 1. The molecule has 1 atom stereocenters. The van der Waals surface area contributed by atoms with Gasteiger partial charge in [0.05, 0.1) is 4.92 Å². The smallest absolute Gasteiger partial charge is 0.326 e. The number of nitrogens with one attached hydrogen (secondary N) is 2. The summed E-state index contributed by atoms with van der Waals surface area (Å²) < 4.78 is 0. The molecule has 0 spiro atoms. The van der Waals surface area contributed by atoms with Gasteiger partial charge in [0.1, 0.15) is 11.1 Å². The molecule has 114 valence electrons. The lowest BCUT2D eigenvalue weighted by Crippen LogP contribution is -2.43. The molecular weight excluding hydrogens is 306 g/mol. The first-order valence-electron chi connectivity index (χ1n) is 5.70. The molecule has 1 rings (SSSR count). The SMILES string of the molecule is O=C(Nc1ccc(Cl)c([N+](=O)[O-])c1)N[C@H](CCO)C(=O)O. The Morgan fingerprint density at radius 3 is 2.62 bits per heavy atom. The second kappa shape index (κ2) is 7.41. The molecule has 2 amide bonds. The van der Waals surface area contributed by atoms with Gasteiger partial charge >= 0.3 is 12.0 Å². The topological polar surface area (TPSA) is 142 Å². The van der Waals surface area contributed by atoms with Crippen LogP contribution in [0.15, 0.2) is 18.2 Å². The quantitative estimate of drug-likeness (QED) is 0.459. The summed E-state index contributed by atoms with van der Waals surface area (Å²) in [6, 6.07) is 1.47. The van der Waals surface area contributed by atoms with E-state index in [1.54, 1.807) is 0 Å². The van der Waals surface area contributed by atoms with Crippen LogP contribution in [0.4, 0.5) is 16.2 Å². The van der Waals surface area contributed by atoms with Crippen LogP contribution in [0, 0.1) is 10.1 Å². The van der Waals surface area contributed by atoms with Crippen molar-refractivity contribution in [2.75, 3.05) is 11.9 Å². The van der Waals surface area contributed by atoms with E-state index in [1.165, 1.54) is 12.1 Å². The number of amides is 2. The summed E-state index contributed by atoms with van der Waals surface area (Å²) in [7, 11) is 0. The van der Waals surface area contributed by atoms with Crippen LogP contribution in [0.25, 0.3) is 0 Å². The molecule has 0 bridgehead atoms. The van der Waals surface area contributed by atoms with Crippen LogP contribution in [0.5, 0.6) is 0 Å². The number of carbonyl (C=O) groups is 2.